The number of nitrogens with zero attached hydrogens (tertiary/aromatic N) is 2. The number of aromatic nitrogens is 1. The Labute approximate surface area is 404 Å². The molecule has 378 valence electrons. The number of piperidine rings is 1. The number of esters is 1. The van der Waals surface area contributed by atoms with Crippen molar-refractivity contribution in [3.05, 3.63) is 53.8 Å². The van der Waals surface area contributed by atoms with Crippen molar-refractivity contribution in [2.45, 2.75) is 187 Å². The van der Waals surface area contributed by atoms with Crippen LogP contribution in [0.5, 0.6) is 0 Å². The first kappa shape index (κ1) is 53.4. The standard InChI is InChI=1S/C54H81N3O11/c1-12-38-24-32(4)23-33(5)25-47(64-10)50-48(65-11)27-35(7)54(63,68-50)51(60)52(61)57-21-14-13-15-43(57)53(62)67-49(36(8)44(58)30-45(38)59)34(6)26-37-16-18-41(46(28-37)66-31(2)3)55-40-17-19-42-39(29-40)20-22-56(42)9/h17,19-20,22,24,26,29,31,33,35-38,41,43-44,46-50,55,58,63H,12-16,18,21,23,25,27-28,30H2,1-11H3/b32-24+,34-26?. The maximum atomic E-state index is 14.6. The number of anilines is 1. The molecule has 3 aliphatic heterocycles. The van der Waals surface area contributed by atoms with Gasteiger partial charge in [0.1, 0.15) is 24.0 Å². The summed E-state index contributed by atoms with van der Waals surface area (Å²) < 4.78 is 33.2. The molecule has 4 aliphatic rings. The van der Waals surface area contributed by atoms with Crippen molar-refractivity contribution in [1.29, 1.82) is 0 Å². The molecule has 6 rings (SSSR count). The first-order valence-corrected chi connectivity index (χ1v) is 25.3. The number of carbonyl (C=O) groups is 4. The van der Waals surface area contributed by atoms with Crippen molar-refractivity contribution in [3.63, 3.8) is 0 Å². The van der Waals surface area contributed by atoms with Crippen LogP contribution in [-0.2, 0) is 49.9 Å². The van der Waals surface area contributed by atoms with E-state index in [0.717, 1.165) is 40.6 Å². The van der Waals surface area contributed by atoms with Gasteiger partial charge in [-0.05, 0) is 134 Å². The SMILES string of the molecule is CCC1/C=C(\C)CC(C)CC(OC)C2OC(O)(C(=O)C(=O)N3CCCCC3C(=O)OC(C(C)=CC3CCC(Nc4ccc5c(ccn5C)c4)C(OC(C)C)C3)C(C)C(O)CC1=O)C(C)CC2OC. The molecule has 1 amide bonds. The summed E-state index contributed by atoms with van der Waals surface area (Å²) in [7, 11) is 5.12. The third-order valence-electron chi connectivity index (χ3n) is 15.3. The topological polar surface area (TPSA) is 175 Å². The number of ketones is 2. The van der Waals surface area contributed by atoms with E-state index in [-0.39, 0.29) is 61.7 Å². The summed E-state index contributed by atoms with van der Waals surface area (Å²) in [4.78, 5) is 58.8. The third kappa shape index (κ3) is 12.3. The number of Topliss-reactive ketones (excluding diaryl/α,β-unsaturated/α-hetero) is 2. The van der Waals surface area contributed by atoms with Crippen molar-refractivity contribution in [2.75, 3.05) is 26.1 Å². The highest BCUT2D eigenvalue weighted by Gasteiger charge is 2.56. The molecule has 14 unspecified atom stereocenters. The van der Waals surface area contributed by atoms with Gasteiger partial charge in [0.2, 0.25) is 5.79 Å². The fraction of sp³-hybridized carbons (Fsp3) is 0.704. The molecule has 1 aromatic carbocycles. The lowest BCUT2D eigenvalue weighted by Gasteiger charge is -2.47. The number of amides is 1. The number of fused-ring (bicyclic) bond motifs is 4. The number of aryl methyl sites for hydroxylation is 1. The van der Waals surface area contributed by atoms with Gasteiger partial charge in [-0.2, -0.15) is 0 Å². The number of hydrogen-bond donors (Lipinski definition) is 3. The monoisotopic (exact) mass is 948 g/mol. The molecule has 68 heavy (non-hydrogen) atoms. The molecule has 14 nitrogen and oxygen atoms in total. The number of allylic oxidation sites excluding steroid dienone is 3. The Kier molecular flexibility index (Phi) is 18.3. The predicted octanol–water partition coefficient (Wildman–Crippen LogP) is 7.86. The fourth-order valence-electron chi connectivity index (χ4n) is 11.4. The average molecular weight is 948 g/mol. The van der Waals surface area contributed by atoms with Crippen LogP contribution in [0.15, 0.2) is 53.8 Å². The Morgan fingerprint density at radius 2 is 1.69 bits per heavy atom. The molecule has 3 fully saturated rings. The zero-order valence-electron chi connectivity index (χ0n) is 42.6. The number of nitrogens with one attached hydrogen (secondary N) is 1. The van der Waals surface area contributed by atoms with Gasteiger partial charge in [-0.3, -0.25) is 14.4 Å². The summed E-state index contributed by atoms with van der Waals surface area (Å²) in [6, 6.07) is 7.42. The van der Waals surface area contributed by atoms with Crippen molar-refractivity contribution in [3.8, 4) is 0 Å². The lowest BCUT2D eigenvalue weighted by atomic mass is 9.80. The van der Waals surface area contributed by atoms with Gasteiger partial charge in [0.15, 0.2) is 0 Å². The van der Waals surface area contributed by atoms with E-state index in [2.05, 4.69) is 53.3 Å². The largest absolute Gasteiger partial charge is 0.456 e. The van der Waals surface area contributed by atoms with Crippen LogP contribution in [0.25, 0.3) is 10.9 Å². The highest BCUT2D eigenvalue weighted by Crippen LogP contribution is 2.40. The van der Waals surface area contributed by atoms with Crippen LogP contribution in [0, 0.1) is 29.6 Å². The minimum Gasteiger partial charge on any atom is -0.456 e. The van der Waals surface area contributed by atoms with Gasteiger partial charge in [-0.25, -0.2) is 4.79 Å². The highest BCUT2D eigenvalue weighted by atomic mass is 16.7. The van der Waals surface area contributed by atoms with Crippen LogP contribution in [0.4, 0.5) is 5.69 Å². The molecule has 2 aromatic rings. The number of carbonyl (C=O) groups excluding carboxylic acids is 4. The molecule has 3 N–H and O–H groups in total. The molecule has 1 aromatic heterocycles. The maximum Gasteiger partial charge on any atom is 0.329 e. The summed E-state index contributed by atoms with van der Waals surface area (Å²) in [6.45, 7) is 15.5. The second-order valence-electron chi connectivity index (χ2n) is 21.0. The summed E-state index contributed by atoms with van der Waals surface area (Å²) >= 11 is 0. The number of benzene rings is 1. The molecular weight excluding hydrogens is 867 g/mol. The summed E-state index contributed by atoms with van der Waals surface area (Å²) in [5.41, 5.74) is 3.91. The number of rotatable bonds is 9. The molecule has 0 spiro atoms. The van der Waals surface area contributed by atoms with E-state index in [4.69, 9.17) is 23.7 Å². The lowest BCUT2D eigenvalue weighted by molar-refractivity contribution is -0.302. The number of ether oxygens (including phenoxy) is 5. The van der Waals surface area contributed by atoms with Crippen LogP contribution < -0.4 is 5.32 Å². The first-order chi connectivity index (χ1) is 32.3. The van der Waals surface area contributed by atoms with Crippen LogP contribution >= 0.6 is 0 Å². The second kappa shape index (κ2) is 23.3. The Morgan fingerprint density at radius 3 is 2.38 bits per heavy atom. The van der Waals surface area contributed by atoms with Gasteiger partial charge in [0, 0.05) is 74.8 Å². The van der Waals surface area contributed by atoms with E-state index >= 15 is 0 Å². The van der Waals surface area contributed by atoms with E-state index in [9.17, 15) is 29.4 Å². The van der Waals surface area contributed by atoms with Gasteiger partial charge < -0.3 is 48.7 Å². The van der Waals surface area contributed by atoms with Crippen LogP contribution in [-0.4, -0.2) is 124 Å². The van der Waals surface area contributed by atoms with Gasteiger partial charge in [0.05, 0.1) is 36.6 Å². The van der Waals surface area contributed by atoms with Crippen molar-refractivity contribution < 1.29 is 53.1 Å². The smallest absolute Gasteiger partial charge is 0.329 e. The molecule has 2 saturated heterocycles. The number of cyclic esters (lactones) is 1. The Hall–Kier alpha value is -3.92. The minimum absolute atomic E-state index is 0.0139. The molecular formula is C54H81N3O11. The predicted molar refractivity (Wildman–Crippen MR) is 262 cm³/mol. The van der Waals surface area contributed by atoms with Crippen molar-refractivity contribution in [1.82, 2.24) is 9.47 Å². The minimum atomic E-state index is -2.51. The summed E-state index contributed by atoms with van der Waals surface area (Å²) in [5, 5.41) is 29.0. The van der Waals surface area contributed by atoms with Crippen LogP contribution in [0.1, 0.15) is 126 Å². The maximum absolute atomic E-state index is 14.6. The molecule has 1 aliphatic carbocycles. The first-order valence-electron chi connectivity index (χ1n) is 25.3. The molecule has 4 heterocycles. The van der Waals surface area contributed by atoms with Crippen LogP contribution in [0.3, 0.4) is 0 Å². The van der Waals surface area contributed by atoms with E-state index in [1.165, 1.54) is 4.90 Å². The van der Waals surface area contributed by atoms with Crippen molar-refractivity contribution >= 4 is 40.0 Å². The Bertz CT molecular complexity index is 2130. The summed E-state index contributed by atoms with van der Waals surface area (Å²) in [6.07, 6.45) is 7.32. The molecule has 0 radical (unpaired) electrons. The number of aliphatic hydroxyl groups excluding tert-OH is 1. The zero-order valence-corrected chi connectivity index (χ0v) is 42.6. The van der Waals surface area contributed by atoms with Gasteiger partial charge in [0.25, 0.3) is 11.7 Å². The Morgan fingerprint density at radius 1 is 0.971 bits per heavy atom. The van der Waals surface area contributed by atoms with E-state index < -0.39 is 77.8 Å². The van der Waals surface area contributed by atoms with E-state index in [1.807, 2.05) is 47.7 Å². The number of hydrogen-bond acceptors (Lipinski definition) is 12. The molecule has 1 saturated carbocycles. The third-order valence-corrected chi connectivity index (χ3v) is 15.3. The normalized spacial score (nSPS) is 36.4. The lowest BCUT2D eigenvalue weighted by Crippen LogP contribution is -2.64. The highest BCUT2D eigenvalue weighted by molar-refractivity contribution is 6.39. The van der Waals surface area contributed by atoms with Gasteiger partial charge in [-0.1, -0.05) is 45.4 Å². The molecule has 14 heteroatoms. The zero-order chi connectivity index (χ0) is 49.6. The summed E-state index contributed by atoms with van der Waals surface area (Å²) in [5.74, 6) is -7.40. The molecule has 2 bridgehead atoms. The fourth-order valence-corrected chi connectivity index (χ4v) is 11.4. The van der Waals surface area contributed by atoms with Crippen molar-refractivity contribution in [2.24, 2.45) is 36.6 Å². The number of aliphatic hydroxyl groups is 2. The second-order valence-corrected chi connectivity index (χ2v) is 21.0. The van der Waals surface area contributed by atoms with E-state index in [1.54, 1.807) is 28.1 Å². The van der Waals surface area contributed by atoms with Gasteiger partial charge >= 0.3 is 5.97 Å². The average Bonchev–Trinajstić information content (AvgIpc) is 3.68. The quantitative estimate of drug-likeness (QED) is 0.126. The number of methoxy groups -OCH3 is 2. The van der Waals surface area contributed by atoms with Gasteiger partial charge in [-0.15, -0.1) is 0 Å². The van der Waals surface area contributed by atoms with E-state index in [0.29, 0.717) is 38.5 Å². The Balaban J connectivity index is 1.32. The van der Waals surface area contributed by atoms with Crippen LogP contribution in [0.2, 0.25) is 0 Å². The molecule has 14 atom stereocenters.